The highest BCUT2D eigenvalue weighted by atomic mass is 32.2. The Hall–Kier alpha value is -1.07. The average Bonchev–Trinajstić information content (AvgIpc) is 2.38. The molecule has 1 aromatic carbocycles. The van der Waals surface area contributed by atoms with Crippen LogP contribution in [0.15, 0.2) is 24.3 Å². The van der Waals surface area contributed by atoms with E-state index in [1.165, 1.54) is 0 Å². The minimum absolute atomic E-state index is 0.0105. The molecule has 2 atom stereocenters. The molecule has 0 aliphatic rings. The summed E-state index contributed by atoms with van der Waals surface area (Å²) in [5.74, 6) is 1.02. The normalized spacial score (nSPS) is 14.2. The van der Waals surface area contributed by atoms with E-state index in [2.05, 4.69) is 18.5 Å². The fraction of sp³-hybridized carbons (Fsp3) is 0.538. The summed E-state index contributed by atoms with van der Waals surface area (Å²) in [7, 11) is 0. The first-order valence-corrected chi connectivity index (χ1v) is 7.47. The zero-order valence-corrected chi connectivity index (χ0v) is 11.9. The van der Waals surface area contributed by atoms with E-state index in [9.17, 15) is 10.1 Å². The maximum atomic E-state index is 11.0. The number of para-hydroxylation sites is 1. The number of nitrogens with one attached hydrogen (secondary N) is 1. The Kier molecular flexibility index (Phi) is 6.15. The Balaban J connectivity index is 2.83. The maximum Gasteiger partial charge on any atom is 0.274 e. The van der Waals surface area contributed by atoms with Crippen molar-refractivity contribution < 1.29 is 4.92 Å². The second-order valence-corrected chi connectivity index (χ2v) is 5.18. The van der Waals surface area contributed by atoms with Crippen LogP contribution in [-0.4, -0.2) is 23.0 Å². The van der Waals surface area contributed by atoms with E-state index in [1.54, 1.807) is 23.9 Å². The third-order valence-corrected chi connectivity index (χ3v) is 3.68. The highest BCUT2D eigenvalue weighted by molar-refractivity contribution is 7.98. The first-order valence-electron chi connectivity index (χ1n) is 6.08. The molecule has 18 heavy (non-hydrogen) atoms. The lowest BCUT2D eigenvalue weighted by Gasteiger charge is -2.21. The van der Waals surface area contributed by atoms with Gasteiger partial charge in [-0.25, -0.2) is 0 Å². The molecule has 1 N–H and O–H groups in total. The van der Waals surface area contributed by atoms with Crippen LogP contribution in [0.3, 0.4) is 0 Å². The summed E-state index contributed by atoms with van der Waals surface area (Å²) in [5.41, 5.74) is 0.943. The summed E-state index contributed by atoms with van der Waals surface area (Å²) >= 11 is 1.79. The number of nitro groups is 1. The van der Waals surface area contributed by atoms with Gasteiger partial charge in [0, 0.05) is 29.5 Å². The largest absolute Gasteiger partial charge is 0.306 e. The Labute approximate surface area is 112 Å². The maximum absolute atomic E-state index is 11.0. The van der Waals surface area contributed by atoms with Crippen molar-refractivity contribution in [1.29, 1.82) is 0 Å². The third kappa shape index (κ3) is 3.99. The van der Waals surface area contributed by atoms with Gasteiger partial charge in [0.25, 0.3) is 5.69 Å². The molecule has 1 rings (SSSR count). The van der Waals surface area contributed by atoms with Crippen LogP contribution in [0, 0.1) is 10.1 Å². The van der Waals surface area contributed by atoms with Crippen LogP contribution in [0.25, 0.3) is 0 Å². The predicted octanol–water partition coefficient (Wildman–Crippen LogP) is 3.39. The highest BCUT2D eigenvalue weighted by Crippen LogP contribution is 2.25. The van der Waals surface area contributed by atoms with Crippen molar-refractivity contribution in [3.63, 3.8) is 0 Å². The molecule has 0 spiro atoms. The van der Waals surface area contributed by atoms with E-state index in [0.29, 0.717) is 6.04 Å². The van der Waals surface area contributed by atoms with Crippen molar-refractivity contribution in [2.45, 2.75) is 32.4 Å². The fourth-order valence-electron chi connectivity index (χ4n) is 1.95. The fourth-order valence-corrected chi connectivity index (χ4v) is 2.68. The molecule has 100 valence electrons. The number of thioether (sulfide) groups is 1. The Morgan fingerprint density at radius 1 is 1.44 bits per heavy atom. The second kappa shape index (κ2) is 7.38. The Morgan fingerprint density at radius 3 is 2.67 bits per heavy atom. The summed E-state index contributed by atoms with van der Waals surface area (Å²) < 4.78 is 0. The van der Waals surface area contributed by atoms with Gasteiger partial charge >= 0.3 is 0 Å². The number of benzene rings is 1. The minimum atomic E-state index is -0.316. The van der Waals surface area contributed by atoms with E-state index in [4.69, 9.17) is 0 Å². The number of rotatable bonds is 7. The summed E-state index contributed by atoms with van der Waals surface area (Å²) in [6.45, 7) is 4.10. The lowest BCUT2D eigenvalue weighted by molar-refractivity contribution is -0.385. The molecular formula is C13H20N2O2S. The van der Waals surface area contributed by atoms with Gasteiger partial charge in [-0.05, 0) is 19.6 Å². The van der Waals surface area contributed by atoms with Gasteiger partial charge in [0.05, 0.1) is 4.92 Å². The molecule has 0 radical (unpaired) electrons. The van der Waals surface area contributed by atoms with E-state index in [-0.39, 0.29) is 16.7 Å². The van der Waals surface area contributed by atoms with Crippen LogP contribution in [-0.2, 0) is 0 Å². The molecular weight excluding hydrogens is 248 g/mol. The molecule has 0 heterocycles. The van der Waals surface area contributed by atoms with Crippen LogP contribution in [0.4, 0.5) is 5.69 Å². The summed E-state index contributed by atoms with van der Waals surface area (Å²) in [4.78, 5) is 10.7. The number of hydrogen-bond donors (Lipinski definition) is 1. The quantitative estimate of drug-likeness (QED) is 0.608. The van der Waals surface area contributed by atoms with Gasteiger partial charge in [-0.1, -0.05) is 25.1 Å². The van der Waals surface area contributed by atoms with Crippen molar-refractivity contribution >= 4 is 17.4 Å². The molecule has 1 aromatic rings. The lowest BCUT2D eigenvalue weighted by Crippen LogP contribution is -2.33. The van der Waals surface area contributed by atoms with E-state index in [1.807, 2.05) is 19.1 Å². The molecule has 0 fully saturated rings. The van der Waals surface area contributed by atoms with Gasteiger partial charge in [-0.2, -0.15) is 11.8 Å². The van der Waals surface area contributed by atoms with Crippen LogP contribution >= 0.6 is 11.8 Å². The molecule has 0 amide bonds. The van der Waals surface area contributed by atoms with Crippen molar-refractivity contribution in [1.82, 2.24) is 5.32 Å². The summed E-state index contributed by atoms with van der Waals surface area (Å²) in [5, 5.41) is 14.4. The van der Waals surface area contributed by atoms with Gasteiger partial charge in [0.15, 0.2) is 0 Å². The van der Waals surface area contributed by atoms with Gasteiger partial charge in [0.1, 0.15) is 0 Å². The molecule has 0 bridgehead atoms. The third-order valence-electron chi connectivity index (χ3n) is 2.95. The zero-order chi connectivity index (χ0) is 13.5. The Morgan fingerprint density at radius 2 is 2.11 bits per heavy atom. The molecule has 0 aromatic heterocycles. The van der Waals surface area contributed by atoms with Crippen molar-refractivity contribution in [2.75, 3.05) is 12.0 Å². The van der Waals surface area contributed by atoms with Crippen molar-refractivity contribution in [3.05, 3.63) is 39.9 Å². The first kappa shape index (κ1) is 15.0. The molecule has 4 nitrogen and oxygen atoms in total. The van der Waals surface area contributed by atoms with Crippen LogP contribution in [0.2, 0.25) is 0 Å². The van der Waals surface area contributed by atoms with Gasteiger partial charge in [0.2, 0.25) is 0 Å². The molecule has 0 aliphatic carbocycles. The lowest BCUT2D eigenvalue weighted by atomic mass is 10.1. The Bertz CT molecular complexity index is 398. The standard InChI is InChI=1S/C13H20N2O2S/c1-4-11(9-18-3)14-10(2)12-7-5-6-8-13(12)15(16)17/h5-8,10-11,14H,4,9H2,1-3H3. The molecule has 5 heteroatoms. The van der Waals surface area contributed by atoms with Crippen LogP contribution in [0.5, 0.6) is 0 Å². The zero-order valence-electron chi connectivity index (χ0n) is 11.1. The highest BCUT2D eigenvalue weighted by Gasteiger charge is 2.19. The molecule has 2 unspecified atom stereocenters. The average molecular weight is 268 g/mol. The van der Waals surface area contributed by atoms with E-state index < -0.39 is 0 Å². The SMILES string of the molecule is CCC(CSC)NC(C)c1ccccc1[N+](=O)[O-]. The molecule has 0 saturated carbocycles. The first-order chi connectivity index (χ1) is 8.60. The smallest absolute Gasteiger partial charge is 0.274 e. The summed E-state index contributed by atoms with van der Waals surface area (Å²) in [6, 6.07) is 7.30. The predicted molar refractivity (Wildman–Crippen MR) is 77.1 cm³/mol. The summed E-state index contributed by atoms with van der Waals surface area (Å²) in [6.07, 6.45) is 3.09. The number of hydrogen-bond acceptors (Lipinski definition) is 4. The van der Waals surface area contributed by atoms with Crippen molar-refractivity contribution in [2.24, 2.45) is 0 Å². The van der Waals surface area contributed by atoms with Crippen LogP contribution < -0.4 is 5.32 Å². The van der Waals surface area contributed by atoms with E-state index >= 15 is 0 Å². The van der Waals surface area contributed by atoms with Gasteiger partial charge in [-0.3, -0.25) is 10.1 Å². The van der Waals surface area contributed by atoms with Gasteiger partial charge in [-0.15, -0.1) is 0 Å². The van der Waals surface area contributed by atoms with Gasteiger partial charge < -0.3 is 5.32 Å². The minimum Gasteiger partial charge on any atom is -0.306 e. The van der Waals surface area contributed by atoms with Crippen LogP contribution in [0.1, 0.15) is 31.9 Å². The molecule has 0 aliphatic heterocycles. The second-order valence-electron chi connectivity index (χ2n) is 4.26. The monoisotopic (exact) mass is 268 g/mol. The van der Waals surface area contributed by atoms with E-state index in [0.717, 1.165) is 17.7 Å². The topological polar surface area (TPSA) is 55.2 Å². The number of nitrogens with zero attached hydrogens (tertiary/aromatic N) is 1. The number of nitro benzene ring substituents is 1. The van der Waals surface area contributed by atoms with Crippen molar-refractivity contribution in [3.8, 4) is 0 Å². The molecule has 0 saturated heterocycles.